The van der Waals surface area contributed by atoms with Gasteiger partial charge < -0.3 is 5.32 Å². The van der Waals surface area contributed by atoms with E-state index in [0.717, 1.165) is 12.8 Å². The number of hydrogen-bond donors (Lipinski definition) is 1. The first kappa shape index (κ1) is 15.0. The van der Waals surface area contributed by atoms with Crippen LogP contribution >= 0.6 is 0 Å². The number of rotatable bonds is 5. The Balaban J connectivity index is 2.52. The fourth-order valence-corrected chi connectivity index (χ4v) is 1.81. The maximum Gasteiger partial charge on any atom is 0.416 e. The van der Waals surface area contributed by atoms with Crippen molar-refractivity contribution >= 4 is 17.1 Å². The van der Waals surface area contributed by atoms with Crippen LogP contribution in [0.25, 0.3) is 0 Å². The van der Waals surface area contributed by atoms with E-state index in [-0.39, 0.29) is 12.5 Å². The van der Waals surface area contributed by atoms with Gasteiger partial charge in [0.1, 0.15) is 0 Å². The fraction of sp³-hybridized carbons (Fsp3) is 0.455. The molecule has 7 nitrogen and oxygen atoms in total. The van der Waals surface area contributed by atoms with E-state index < -0.39 is 38.6 Å². The monoisotopic (exact) mass is 305 g/mol. The first-order chi connectivity index (χ1) is 9.70. The lowest BCUT2D eigenvalue weighted by molar-refractivity contribution is -0.392. The lowest BCUT2D eigenvalue weighted by atomic mass is 10.1. The third-order valence-corrected chi connectivity index (χ3v) is 3.08. The molecule has 1 aromatic carbocycles. The third kappa shape index (κ3) is 3.38. The Morgan fingerprint density at radius 3 is 1.95 bits per heavy atom. The summed E-state index contributed by atoms with van der Waals surface area (Å²) in [5.74, 6) is 0.242. The number of nitro benzene ring substituents is 2. The Bertz CT molecular complexity index is 564. The van der Waals surface area contributed by atoms with E-state index in [1.165, 1.54) is 0 Å². The third-order valence-electron chi connectivity index (χ3n) is 3.08. The van der Waals surface area contributed by atoms with Gasteiger partial charge in [0.25, 0.3) is 11.4 Å². The summed E-state index contributed by atoms with van der Waals surface area (Å²) in [5, 5.41) is 24.4. The van der Waals surface area contributed by atoms with Crippen molar-refractivity contribution in [1.82, 2.24) is 0 Å². The van der Waals surface area contributed by atoms with Gasteiger partial charge in [-0.1, -0.05) is 0 Å². The zero-order valence-electron chi connectivity index (χ0n) is 10.5. The number of nitrogens with one attached hydrogen (secondary N) is 1. The lowest BCUT2D eigenvalue weighted by Gasteiger charge is -2.11. The number of hydrogen-bond acceptors (Lipinski definition) is 5. The van der Waals surface area contributed by atoms with Crippen molar-refractivity contribution in [2.45, 2.75) is 19.0 Å². The van der Waals surface area contributed by atoms with E-state index in [2.05, 4.69) is 5.32 Å². The van der Waals surface area contributed by atoms with Gasteiger partial charge in [-0.3, -0.25) is 20.2 Å². The molecule has 21 heavy (non-hydrogen) atoms. The van der Waals surface area contributed by atoms with Crippen LogP contribution in [0.3, 0.4) is 0 Å². The molecule has 1 aliphatic rings. The van der Waals surface area contributed by atoms with Crippen LogP contribution in [-0.4, -0.2) is 16.4 Å². The molecular formula is C11H10F3N3O4. The molecule has 1 fully saturated rings. The van der Waals surface area contributed by atoms with E-state index in [1.54, 1.807) is 0 Å². The summed E-state index contributed by atoms with van der Waals surface area (Å²) in [6, 6.07) is 0.616. The van der Waals surface area contributed by atoms with Crippen LogP contribution in [0.4, 0.5) is 30.2 Å². The highest BCUT2D eigenvalue weighted by Gasteiger charge is 2.38. The van der Waals surface area contributed by atoms with Gasteiger partial charge in [0.2, 0.25) is 0 Å². The molecule has 0 aromatic heterocycles. The average Bonchev–Trinajstić information content (AvgIpc) is 3.17. The zero-order chi connectivity index (χ0) is 15.8. The molecule has 0 spiro atoms. The first-order valence-electron chi connectivity index (χ1n) is 5.98. The zero-order valence-corrected chi connectivity index (χ0v) is 10.5. The molecule has 2 rings (SSSR count). The van der Waals surface area contributed by atoms with Crippen molar-refractivity contribution in [2.24, 2.45) is 5.92 Å². The molecule has 0 bridgehead atoms. The van der Waals surface area contributed by atoms with Crippen LogP contribution in [0, 0.1) is 26.1 Å². The van der Waals surface area contributed by atoms with Crippen molar-refractivity contribution in [3.8, 4) is 0 Å². The molecule has 0 atom stereocenters. The highest BCUT2D eigenvalue weighted by atomic mass is 19.4. The van der Waals surface area contributed by atoms with E-state index in [9.17, 15) is 33.4 Å². The van der Waals surface area contributed by atoms with E-state index in [1.807, 2.05) is 0 Å². The molecule has 0 aliphatic heterocycles. The molecule has 1 aromatic rings. The minimum absolute atomic E-state index is 0.242. The quantitative estimate of drug-likeness (QED) is 0.664. The van der Waals surface area contributed by atoms with Gasteiger partial charge >= 0.3 is 6.18 Å². The lowest BCUT2D eigenvalue weighted by Crippen LogP contribution is -2.12. The molecule has 0 saturated heterocycles. The Morgan fingerprint density at radius 2 is 1.62 bits per heavy atom. The van der Waals surface area contributed by atoms with Gasteiger partial charge in [-0.15, -0.1) is 0 Å². The van der Waals surface area contributed by atoms with Gasteiger partial charge in [-0.25, -0.2) is 0 Å². The SMILES string of the molecule is O=[N+]([O-])c1cc(C(F)(F)F)cc([N+](=O)[O-])c1NCC1CC1. The van der Waals surface area contributed by atoms with Gasteiger partial charge in [0.05, 0.1) is 15.4 Å². The molecule has 0 unspecified atom stereocenters. The first-order valence-corrected chi connectivity index (χ1v) is 5.98. The summed E-state index contributed by atoms with van der Waals surface area (Å²) >= 11 is 0. The van der Waals surface area contributed by atoms with Crippen molar-refractivity contribution in [1.29, 1.82) is 0 Å². The number of nitro groups is 2. The van der Waals surface area contributed by atoms with Crippen LogP contribution in [-0.2, 0) is 6.18 Å². The highest BCUT2D eigenvalue weighted by Crippen LogP contribution is 2.41. The van der Waals surface area contributed by atoms with Gasteiger partial charge in [-0.2, -0.15) is 13.2 Å². The highest BCUT2D eigenvalue weighted by molar-refractivity contribution is 5.75. The molecule has 1 aliphatic carbocycles. The van der Waals surface area contributed by atoms with Crippen LogP contribution < -0.4 is 5.32 Å². The average molecular weight is 305 g/mol. The molecule has 114 valence electrons. The maximum absolute atomic E-state index is 12.7. The van der Waals surface area contributed by atoms with Crippen LogP contribution in [0.2, 0.25) is 0 Å². The number of benzene rings is 1. The number of halogens is 3. The number of alkyl halides is 3. The topological polar surface area (TPSA) is 98.3 Å². The predicted octanol–water partition coefficient (Wildman–Crippen LogP) is 3.34. The molecule has 1 saturated carbocycles. The van der Waals surface area contributed by atoms with Gasteiger partial charge in [0, 0.05) is 18.7 Å². The minimum atomic E-state index is -4.90. The molecule has 1 N–H and O–H groups in total. The Labute approximate surface area is 116 Å². The Kier molecular flexibility index (Phi) is 3.71. The van der Waals surface area contributed by atoms with Crippen LogP contribution in [0.15, 0.2) is 12.1 Å². The van der Waals surface area contributed by atoms with E-state index in [0.29, 0.717) is 12.1 Å². The molecular weight excluding hydrogens is 295 g/mol. The van der Waals surface area contributed by atoms with E-state index >= 15 is 0 Å². The van der Waals surface area contributed by atoms with Crippen molar-refractivity contribution in [3.05, 3.63) is 37.9 Å². The molecule has 0 radical (unpaired) electrons. The summed E-state index contributed by atoms with van der Waals surface area (Å²) in [5.41, 5.74) is -3.79. The van der Waals surface area contributed by atoms with E-state index in [4.69, 9.17) is 0 Å². The maximum atomic E-state index is 12.7. The second kappa shape index (κ2) is 5.19. The summed E-state index contributed by atoms with van der Waals surface area (Å²) < 4.78 is 38.0. The second-order valence-corrected chi connectivity index (χ2v) is 4.73. The van der Waals surface area contributed by atoms with Gasteiger partial charge in [0.15, 0.2) is 5.69 Å². The van der Waals surface area contributed by atoms with Crippen LogP contribution in [0.1, 0.15) is 18.4 Å². The fourth-order valence-electron chi connectivity index (χ4n) is 1.81. The predicted molar refractivity (Wildman–Crippen MR) is 66.0 cm³/mol. The number of nitrogens with zero attached hydrogens (tertiary/aromatic N) is 2. The largest absolute Gasteiger partial charge is 0.416 e. The smallest absolute Gasteiger partial charge is 0.374 e. The summed E-state index contributed by atoms with van der Waals surface area (Å²) in [6.45, 7) is 0.257. The standard InChI is InChI=1S/C11H10F3N3O4/c12-11(13,14)7-3-8(16(18)19)10(9(4-7)17(20)21)15-5-6-1-2-6/h3-4,6,15H,1-2,5H2. The Morgan fingerprint density at radius 1 is 1.14 bits per heavy atom. The molecule has 0 heterocycles. The number of anilines is 1. The summed E-state index contributed by atoms with van der Waals surface area (Å²) in [4.78, 5) is 19.7. The van der Waals surface area contributed by atoms with Crippen molar-refractivity contribution < 1.29 is 23.0 Å². The summed E-state index contributed by atoms with van der Waals surface area (Å²) in [6.07, 6.45) is -3.13. The Hall–Kier alpha value is -2.39. The minimum Gasteiger partial charge on any atom is -0.374 e. The summed E-state index contributed by atoms with van der Waals surface area (Å²) in [7, 11) is 0. The van der Waals surface area contributed by atoms with Gasteiger partial charge in [-0.05, 0) is 18.8 Å². The normalized spacial score (nSPS) is 14.8. The van der Waals surface area contributed by atoms with Crippen molar-refractivity contribution in [2.75, 3.05) is 11.9 Å². The molecule has 10 heteroatoms. The van der Waals surface area contributed by atoms with Crippen LogP contribution in [0.5, 0.6) is 0 Å². The second-order valence-electron chi connectivity index (χ2n) is 4.73. The van der Waals surface area contributed by atoms with Crippen molar-refractivity contribution in [3.63, 3.8) is 0 Å². The molecule has 0 amide bonds.